The van der Waals surface area contributed by atoms with Crippen molar-refractivity contribution >= 4 is 70.4 Å². The van der Waals surface area contributed by atoms with Gasteiger partial charge in [-0.1, -0.05) is 72.9 Å². The van der Waals surface area contributed by atoms with Crippen LogP contribution >= 0.6 is 23.1 Å². The largest absolute Gasteiger partial charge is 0.320 e. The number of allylic oxidation sites excluding steroid dienone is 8. The topological polar surface area (TPSA) is 113 Å². The van der Waals surface area contributed by atoms with Crippen molar-refractivity contribution in [2.75, 3.05) is 12.3 Å². The van der Waals surface area contributed by atoms with Crippen LogP contribution in [0.4, 0.5) is 0 Å². The number of quaternary nitrogens is 1. The fourth-order valence-corrected chi connectivity index (χ4v) is 11.5. The lowest BCUT2D eigenvalue weighted by molar-refractivity contribution is -0.901. The third-order valence-electron chi connectivity index (χ3n) is 9.24. The highest BCUT2D eigenvalue weighted by atomic mass is 32.2. The van der Waals surface area contributed by atoms with Crippen molar-refractivity contribution in [1.29, 1.82) is 0 Å². The van der Waals surface area contributed by atoms with Gasteiger partial charge in [0.25, 0.3) is 15.1 Å². The van der Waals surface area contributed by atoms with Crippen LogP contribution in [0.3, 0.4) is 0 Å². The summed E-state index contributed by atoms with van der Waals surface area (Å²) in [5, 5.41) is 3.02. The molecule has 2 aromatic carbocycles. The third kappa shape index (κ3) is 5.40. The van der Waals surface area contributed by atoms with Crippen LogP contribution in [-0.4, -0.2) is 48.1 Å². The summed E-state index contributed by atoms with van der Waals surface area (Å²) in [5.74, 6) is -0.171. The van der Waals surface area contributed by atoms with E-state index in [9.17, 15) is 25.9 Å². The summed E-state index contributed by atoms with van der Waals surface area (Å²) < 4.78 is 71.9. The molecule has 4 atom stereocenters. The van der Waals surface area contributed by atoms with E-state index in [-0.39, 0.29) is 28.5 Å². The van der Waals surface area contributed by atoms with Crippen LogP contribution in [0.1, 0.15) is 31.2 Å². The molecule has 12 heteroatoms. The second kappa shape index (κ2) is 11.4. The number of benzene rings is 2. The van der Waals surface area contributed by atoms with Gasteiger partial charge in [0.15, 0.2) is 11.6 Å². The zero-order valence-electron chi connectivity index (χ0n) is 24.6. The predicted octanol–water partition coefficient (Wildman–Crippen LogP) is 6.58. The maximum atomic E-state index is 12.8. The van der Waals surface area contributed by atoms with Crippen molar-refractivity contribution in [3.05, 3.63) is 105 Å². The molecule has 45 heavy (non-hydrogen) atoms. The Kier molecular flexibility index (Phi) is 7.83. The quantitative estimate of drug-likeness (QED) is 0.157. The third-order valence-corrected chi connectivity index (χ3v) is 13.6. The number of thiazole rings is 1. The molecule has 3 heterocycles. The van der Waals surface area contributed by atoms with Gasteiger partial charge in [0, 0.05) is 24.5 Å². The minimum Gasteiger partial charge on any atom is -0.286 e. The Labute approximate surface area is 271 Å². The lowest BCUT2D eigenvalue weighted by atomic mass is 9.80. The first-order valence-electron chi connectivity index (χ1n) is 15.0. The van der Waals surface area contributed by atoms with Gasteiger partial charge < -0.3 is 0 Å². The van der Waals surface area contributed by atoms with Gasteiger partial charge in [0.05, 0.1) is 34.9 Å². The highest BCUT2D eigenvalue weighted by molar-refractivity contribution is 8.07. The average Bonchev–Trinajstić information content (AvgIpc) is 3.51. The van der Waals surface area contributed by atoms with Gasteiger partial charge in [0.1, 0.15) is 10.4 Å². The van der Waals surface area contributed by atoms with Crippen LogP contribution in [0, 0.1) is 11.8 Å². The van der Waals surface area contributed by atoms with Gasteiger partial charge in [-0.3, -0.25) is 9.11 Å². The molecule has 0 radical (unpaired) electrons. The van der Waals surface area contributed by atoms with Crippen LogP contribution in [-0.2, 0) is 26.8 Å². The van der Waals surface area contributed by atoms with E-state index in [1.165, 1.54) is 0 Å². The Bertz CT molecular complexity index is 2140. The maximum Gasteiger partial charge on any atom is 0.320 e. The maximum absolute atomic E-state index is 12.8. The molecule has 7 rings (SSSR count). The van der Waals surface area contributed by atoms with E-state index < -0.39 is 25.6 Å². The summed E-state index contributed by atoms with van der Waals surface area (Å²) in [7, 11) is -8.42. The number of hydrogen-bond acceptors (Lipinski definition) is 6. The van der Waals surface area contributed by atoms with Crippen molar-refractivity contribution in [2.24, 2.45) is 11.8 Å². The van der Waals surface area contributed by atoms with E-state index in [4.69, 9.17) is 0 Å². The summed E-state index contributed by atoms with van der Waals surface area (Å²) in [6, 6.07) is 12.3. The van der Waals surface area contributed by atoms with Crippen LogP contribution in [0.5, 0.6) is 0 Å². The first kappa shape index (κ1) is 30.8. The van der Waals surface area contributed by atoms with E-state index in [2.05, 4.69) is 72.2 Å². The van der Waals surface area contributed by atoms with Gasteiger partial charge in [0.2, 0.25) is 10.9 Å². The van der Waals surface area contributed by atoms with Crippen molar-refractivity contribution in [3.63, 3.8) is 0 Å². The Morgan fingerprint density at radius 1 is 1.07 bits per heavy atom. The molecular weight excluding hydrogens is 649 g/mol. The standard InChI is InChI=1S/C33H32N2O6S4/c1-2-22(20-29-34(17-7-19-44(36,37)38)32-25-10-5-3-8-23(25)12-14-27(32)42-29)21-30-35(18-16-31(35)45(39,40)41)33-26-11-6-4-9-24(26)13-15-28(33)43-30/h3-6,8-15,20-21,24,26,31H,2,7,16-19H2,1H3/p+2. The predicted molar refractivity (Wildman–Crippen MR) is 181 cm³/mol. The number of aryl methyl sites for hydroxylation is 1. The molecular formula is C33H34N2O6S4+2. The van der Waals surface area contributed by atoms with E-state index in [0.717, 1.165) is 47.2 Å². The molecule has 234 valence electrons. The molecule has 0 amide bonds. The van der Waals surface area contributed by atoms with Crippen molar-refractivity contribution in [2.45, 2.75) is 38.1 Å². The fourth-order valence-electron chi connectivity index (χ4n) is 7.10. The zero-order valence-corrected chi connectivity index (χ0v) is 27.9. The van der Waals surface area contributed by atoms with Crippen LogP contribution in [0.25, 0.3) is 27.1 Å². The fraction of sp³-hybridized carbons (Fsp3) is 0.303. The molecule has 1 fully saturated rings. The van der Waals surface area contributed by atoms with Crippen LogP contribution in [0.2, 0.25) is 0 Å². The van der Waals surface area contributed by atoms with Gasteiger partial charge in [-0.2, -0.15) is 21.4 Å². The molecule has 1 saturated heterocycles. The molecule has 8 nitrogen and oxygen atoms in total. The van der Waals surface area contributed by atoms with Gasteiger partial charge >= 0.3 is 10.1 Å². The minimum absolute atomic E-state index is 0.0212. The molecule has 1 aromatic heterocycles. The van der Waals surface area contributed by atoms with Crippen molar-refractivity contribution in [1.82, 2.24) is 0 Å². The SMILES string of the molecule is CCC(=Cc1sc2ccc3ccccc3c2[n+]1CCCS(=O)(=O)O)C=C1SC2=C(C3C=CC=CC3C=C2)[N+]12CCC2S(=O)(=O)O. The number of nitrogens with zero attached hydrogens (tertiary/aromatic N) is 2. The molecule has 4 aliphatic rings. The Hall–Kier alpha value is -2.84. The molecule has 3 aromatic rings. The lowest BCUT2D eigenvalue weighted by Crippen LogP contribution is -2.65. The number of thioether (sulfide) groups is 1. The zero-order chi connectivity index (χ0) is 31.6. The molecule has 4 unspecified atom stereocenters. The lowest BCUT2D eigenvalue weighted by Gasteiger charge is -2.50. The van der Waals surface area contributed by atoms with Crippen LogP contribution < -0.4 is 4.57 Å². The Morgan fingerprint density at radius 2 is 1.87 bits per heavy atom. The average molecular weight is 683 g/mol. The Morgan fingerprint density at radius 3 is 2.60 bits per heavy atom. The highest BCUT2D eigenvalue weighted by Gasteiger charge is 2.64. The van der Waals surface area contributed by atoms with Crippen molar-refractivity contribution in [3.8, 4) is 0 Å². The monoisotopic (exact) mass is 682 g/mol. The molecule has 1 spiro atoms. The first-order valence-corrected chi connectivity index (χ1v) is 19.8. The van der Waals surface area contributed by atoms with E-state index in [0.29, 0.717) is 25.9 Å². The number of rotatable bonds is 8. The normalized spacial score (nSPS) is 27.1. The number of hydrogen-bond donors (Lipinski definition) is 2. The molecule has 0 saturated carbocycles. The van der Waals surface area contributed by atoms with E-state index >= 15 is 0 Å². The molecule has 2 N–H and O–H groups in total. The van der Waals surface area contributed by atoms with E-state index in [1.807, 2.05) is 24.3 Å². The second-order valence-electron chi connectivity index (χ2n) is 11.9. The molecule has 2 aliphatic carbocycles. The molecule has 2 aliphatic heterocycles. The second-order valence-corrected chi connectivity index (χ2v) is 17.1. The Balaban J connectivity index is 1.35. The smallest absolute Gasteiger partial charge is 0.286 e. The first-order chi connectivity index (χ1) is 21.5. The summed E-state index contributed by atoms with van der Waals surface area (Å²) in [4.78, 5) is 1.04. The summed E-state index contributed by atoms with van der Waals surface area (Å²) in [6.07, 6.45) is 18.1. The molecule has 0 bridgehead atoms. The summed E-state index contributed by atoms with van der Waals surface area (Å²) in [5.41, 5.74) is 3.05. The number of aromatic nitrogens is 1. The minimum atomic E-state index is -4.32. The van der Waals surface area contributed by atoms with Gasteiger partial charge in [-0.15, -0.1) is 0 Å². The van der Waals surface area contributed by atoms with E-state index in [1.54, 1.807) is 23.1 Å². The summed E-state index contributed by atoms with van der Waals surface area (Å²) >= 11 is 3.21. The number of fused-ring (bicyclic) bond motifs is 6. The summed E-state index contributed by atoms with van der Waals surface area (Å²) in [6.45, 7) is 3.06. The highest BCUT2D eigenvalue weighted by Crippen LogP contribution is 2.60. The van der Waals surface area contributed by atoms with Gasteiger partial charge in [-0.05, 0) is 47.4 Å². The van der Waals surface area contributed by atoms with Gasteiger partial charge in [-0.25, -0.2) is 4.48 Å². The van der Waals surface area contributed by atoms with Crippen LogP contribution in [0.15, 0.2) is 100 Å². The van der Waals surface area contributed by atoms with Crippen molar-refractivity contribution < 1.29 is 35.0 Å².